The van der Waals surface area contributed by atoms with Crippen LogP contribution < -0.4 is 5.73 Å². The Labute approximate surface area is 88.3 Å². The van der Waals surface area contributed by atoms with Gasteiger partial charge in [-0.05, 0) is 20.3 Å². The van der Waals surface area contributed by atoms with Crippen LogP contribution in [0.2, 0.25) is 0 Å². The van der Waals surface area contributed by atoms with Gasteiger partial charge in [-0.2, -0.15) is 0 Å². The van der Waals surface area contributed by atoms with Crippen LogP contribution in [0.1, 0.15) is 31.8 Å². The fourth-order valence-corrected chi connectivity index (χ4v) is 1.44. The number of nitrogens with zero attached hydrogens (tertiary/aromatic N) is 4. The molecule has 0 aliphatic carbocycles. The maximum Gasteiger partial charge on any atom is 0.163 e. The number of aromatic nitrogens is 4. The minimum atomic E-state index is -0.462. The van der Waals surface area contributed by atoms with E-state index in [0.717, 1.165) is 23.6 Å². The van der Waals surface area contributed by atoms with Crippen molar-refractivity contribution in [3.8, 4) is 0 Å². The number of nitrogens with two attached hydrogens (primary N) is 1. The summed E-state index contributed by atoms with van der Waals surface area (Å²) in [5.74, 6) is 0.757. The second kappa shape index (κ2) is 3.27. The van der Waals surface area contributed by atoms with Crippen LogP contribution in [-0.2, 0) is 5.54 Å². The summed E-state index contributed by atoms with van der Waals surface area (Å²) in [7, 11) is 0. The van der Waals surface area contributed by atoms with Gasteiger partial charge in [0.15, 0.2) is 11.5 Å². The average molecular weight is 205 g/mol. The summed E-state index contributed by atoms with van der Waals surface area (Å²) < 4.78 is 1.84. The number of fused-ring (bicyclic) bond motifs is 1. The molecule has 80 valence electrons. The van der Waals surface area contributed by atoms with E-state index in [1.54, 1.807) is 6.33 Å². The van der Waals surface area contributed by atoms with Crippen LogP contribution in [0.5, 0.6) is 0 Å². The fourth-order valence-electron chi connectivity index (χ4n) is 1.44. The summed E-state index contributed by atoms with van der Waals surface area (Å²) in [6, 6.07) is 1.89. The molecule has 0 radical (unpaired) electrons. The predicted molar refractivity (Wildman–Crippen MR) is 57.3 cm³/mol. The molecule has 2 rings (SSSR count). The van der Waals surface area contributed by atoms with Gasteiger partial charge in [0, 0.05) is 11.8 Å². The number of rotatable bonds is 2. The molecule has 2 N–H and O–H groups in total. The minimum Gasteiger partial charge on any atom is -0.319 e. The second-order valence-electron chi connectivity index (χ2n) is 4.05. The number of hydrogen-bond donors (Lipinski definition) is 1. The summed E-state index contributed by atoms with van der Waals surface area (Å²) >= 11 is 0. The number of hydrogen-bond acceptors (Lipinski definition) is 4. The normalized spacial score (nSPS) is 15.5. The zero-order valence-electron chi connectivity index (χ0n) is 9.23. The van der Waals surface area contributed by atoms with Crippen molar-refractivity contribution in [3.63, 3.8) is 0 Å². The molecule has 0 aliphatic heterocycles. The highest BCUT2D eigenvalue weighted by molar-refractivity contribution is 5.39. The molecule has 0 fully saturated rings. The Kier molecular flexibility index (Phi) is 2.19. The Balaban J connectivity index is 2.64. The predicted octanol–water partition coefficient (Wildman–Crippen LogP) is 1.02. The molecule has 0 amide bonds. The van der Waals surface area contributed by atoms with Gasteiger partial charge in [-0.1, -0.05) is 6.92 Å². The SMILES string of the molecule is CCC(C)(N)c1nnc2cc(C)ncn12. The zero-order chi connectivity index (χ0) is 11.1. The molecule has 0 aromatic carbocycles. The van der Waals surface area contributed by atoms with Crippen LogP contribution in [0.15, 0.2) is 12.4 Å². The van der Waals surface area contributed by atoms with Gasteiger partial charge in [0.1, 0.15) is 6.33 Å². The topological polar surface area (TPSA) is 69.1 Å². The van der Waals surface area contributed by atoms with Crippen molar-refractivity contribution in [2.24, 2.45) is 5.73 Å². The maximum atomic E-state index is 6.13. The van der Waals surface area contributed by atoms with Crippen molar-refractivity contribution in [1.29, 1.82) is 0 Å². The first-order valence-corrected chi connectivity index (χ1v) is 5.01. The lowest BCUT2D eigenvalue weighted by atomic mass is 10.00. The van der Waals surface area contributed by atoms with Crippen molar-refractivity contribution >= 4 is 5.65 Å². The minimum absolute atomic E-state index is 0.462. The molecule has 5 nitrogen and oxygen atoms in total. The summed E-state index contributed by atoms with van der Waals surface area (Å²) in [5, 5.41) is 8.21. The molecule has 0 bridgehead atoms. The van der Waals surface area contributed by atoms with Gasteiger partial charge in [0.05, 0.1) is 5.54 Å². The van der Waals surface area contributed by atoms with Gasteiger partial charge < -0.3 is 5.73 Å². The molecule has 2 aromatic rings. The van der Waals surface area contributed by atoms with Crippen LogP contribution in [0.4, 0.5) is 0 Å². The second-order valence-corrected chi connectivity index (χ2v) is 4.05. The molecule has 1 atom stereocenters. The van der Waals surface area contributed by atoms with Gasteiger partial charge in [-0.15, -0.1) is 10.2 Å². The maximum absolute atomic E-state index is 6.13. The van der Waals surface area contributed by atoms with E-state index in [1.165, 1.54) is 0 Å². The molecule has 15 heavy (non-hydrogen) atoms. The Morgan fingerprint density at radius 1 is 1.47 bits per heavy atom. The molecular weight excluding hydrogens is 190 g/mol. The fraction of sp³-hybridized carbons (Fsp3) is 0.500. The third kappa shape index (κ3) is 1.59. The molecule has 2 aromatic heterocycles. The van der Waals surface area contributed by atoms with Crippen LogP contribution in [0.3, 0.4) is 0 Å². The highest BCUT2D eigenvalue weighted by Gasteiger charge is 2.24. The lowest BCUT2D eigenvalue weighted by Gasteiger charge is -2.19. The van der Waals surface area contributed by atoms with Crippen molar-refractivity contribution in [2.75, 3.05) is 0 Å². The molecule has 0 spiro atoms. The zero-order valence-corrected chi connectivity index (χ0v) is 9.23. The van der Waals surface area contributed by atoms with Gasteiger partial charge in [-0.25, -0.2) is 4.98 Å². The Morgan fingerprint density at radius 3 is 2.87 bits per heavy atom. The number of aryl methyl sites for hydroxylation is 1. The monoisotopic (exact) mass is 205 g/mol. The molecule has 2 heterocycles. The molecule has 1 unspecified atom stereocenters. The van der Waals surface area contributed by atoms with Gasteiger partial charge in [0.2, 0.25) is 0 Å². The molecule has 5 heteroatoms. The van der Waals surface area contributed by atoms with E-state index in [-0.39, 0.29) is 0 Å². The van der Waals surface area contributed by atoms with E-state index in [2.05, 4.69) is 15.2 Å². The largest absolute Gasteiger partial charge is 0.319 e. The van der Waals surface area contributed by atoms with Crippen LogP contribution >= 0.6 is 0 Å². The van der Waals surface area contributed by atoms with Gasteiger partial charge >= 0.3 is 0 Å². The summed E-state index contributed by atoms with van der Waals surface area (Å²) in [5.41, 5.74) is 7.39. The van der Waals surface area contributed by atoms with Crippen molar-refractivity contribution in [1.82, 2.24) is 19.6 Å². The summed E-state index contributed by atoms with van der Waals surface area (Å²) in [6.45, 7) is 5.90. The highest BCUT2D eigenvalue weighted by atomic mass is 15.3. The Morgan fingerprint density at radius 2 is 2.20 bits per heavy atom. The first-order chi connectivity index (χ1) is 7.04. The van der Waals surface area contributed by atoms with E-state index < -0.39 is 5.54 Å². The smallest absolute Gasteiger partial charge is 0.163 e. The van der Waals surface area contributed by atoms with Crippen LogP contribution in [-0.4, -0.2) is 19.6 Å². The molecule has 0 aliphatic rings. The van der Waals surface area contributed by atoms with E-state index in [4.69, 9.17) is 5.73 Å². The van der Waals surface area contributed by atoms with Gasteiger partial charge in [0.25, 0.3) is 0 Å². The third-order valence-corrected chi connectivity index (χ3v) is 2.68. The standard InChI is InChI=1S/C10H15N5/c1-4-10(3,11)9-14-13-8-5-7(2)12-6-15(8)9/h5-6H,4,11H2,1-3H3. The lowest BCUT2D eigenvalue weighted by Crippen LogP contribution is -2.34. The third-order valence-electron chi connectivity index (χ3n) is 2.68. The quantitative estimate of drug-likeness (QED) is 0.794. The van der Waals surface area contributed by atoms with Crippen molar-refractivity contribution in [2.45, 2.75) is 32.7 Å². The Hall–Kier alpha value is -1.49. The van der Waals surface area contributed by atoms with E-state index in [0.29, 0.717) is 0 Å². The Bertz CT molecular complexity index is 486. The molecular formula is C10H15N5. The van der Waals surface area contributed by atoms with Crippen LogP contribution in [0, 0.1) is 6.92 Å². The average Bonchev–Trinajstić information content (AvgIpc) is 2.61. The van der Waals surface area contributed by atoms with Crippen LogP contribution in [0.25, 0.3) is 5.65 Å². The molecule has 0 saturated carbocycles. The van der Waals surface area contributed by atoms with Gasteiger partial charge in [-0.3, -0.25) is 4.40 Å². The van der Waals surface area contributed by atoms with Crippen molar-refractivity contribution in [3.05, 3.63) is 23.9 Å². The highest BCUT2D eigenvalue weighted by Crippen LogP contribution is 2.19. The van der Waals surface area contributed by atoms with Crippen molar-refractivity contribution < 1.29 is 0 Å². The summed E-state index contributed by atoms with van der Waals surface area (Å²) in [4.78, 5) is 4.22. The lowest BCUT2D eigenvalue weighted by molar-refractivity contribution is 0.440. The first kappa shape index (κ1) is 10.0. The summed E-state index contributed by atoms with van der Waals surface area (Å²) in [6.07, 6.45) is 2.53. The van der Waals surface area contributed by atoms with E-state index in [9.17, 15) is 0 Å². The first-order valence-electron chi connectivity index (χ1n) is 5.01. The molecule has 0 saturated heterocycles. The van der Waals surface area contributed by atoms with E-state index in [1.807, 2.05) is 31.2 Å². The van der Waals surface area contributed by atoms with E-state index >= 15 is 0 Å².